The molecule has 94 valence electrons. The summed E-state index contributed by atoms with van der Waals surface area (Å²) in [5, 5.41) is -0.00166. The van der Waals surface area contributed by atoms with Crippen LogP contribution in [0.25, 0.3) is 0 Å². The Balaban J connectivity index is 2.85. The fraction of sp³-hybridized carbons (Fsp3) is 0.462. The maximum Gasteiger partial charge on any atom is 0.179 e. The van der Waals surface area contributed by atoms with E-state index in [-0.39, 0.29) is 16.8 Å². The summed E-state index contributed by atoms with van der Waals surface area (Å²) in [6, 6.07) is 7.08. The maximum atomic E-state index is 12.0. The van der Waals surface area contributed by atoms with Gasteiger partial charge in [0.25, 0.3) is 0 Å². The Morgan fingerprint density at radius 2 is 2.00 bits per heavy atom. The van der Waals surface area contributed by atoms with Gasteiger partial charge in [0.2, 0.25) is 0 Å². The maximum absolute atomic E-state index is 12.0. The molecule has 0 aliphatic heterocycles. The van der Waals surface area contributed by atoms with Crippen molar-refractivity contribution in [2.45, 2.75) is 26.0 Å². The van der Waals surface area contributed by atoms with Crippen molar-refractivity contribution in [3.63, 3.8) is 0 Å². The van der Waals surface area contributed by atoms with E-state index in [0.717, 1.165) is 0 Å². The first-order valence-corrected chi connectivity index (χ1v) is 7.06. The van der Waals surface area contributed by atoms with E-state index >= 15 is 0 Å². The van der Waals surface area contributed by atoms with Crippen LogP contribution in [0.1, 0.15) is 31.1 Å². The zero-order valence-corrected chi connectivity index (χ0v) is 11.3. The lowest BCUT2D eigenvalue weighted by atomic mass is 10.1. The second-order valence-corrected chi connectivity index (χ2v) is 5.92. The van der Waals surface area contributed by atoms with Crippen LogP contribution in [-0.4, -0.2) is 27.6 Å². The molecule has 0 bridgehead atoms. The molecule has 3 nitrogen and oxygen atoms in total. The first-order chi connectivity index (χ1) is 8.06. The number of hydrogen-bond donors (Lipinski definition) is 0. The van der Waals surface area contributed by atoms with Gasteiger partial charge in [0.1, 0.15) is 5.75 Å². The Labute approximate surface area is 105 Å². The van der Waals surface area contributed by atoms with E-state index < -0.39 is 10.8 Å². The molecule has 0 saturated carbocycles. The van der Waals surface area contributed by atoms with Gasteiger partial charge in [-0.3, -0.25) is 9.00 Å². The van der Waals surface area contributed by atoms with Gasteiger partial charge in [-0.05, 0) is 19.1 Å². The summed E-state index contributed by atoms with van der Waals surface area (Å²) in [6.45, 7) is 6.07. The lowest BCUT2D eigenvalue weighted by Gasteiger charge is -2.09. The molecule has 0 spiro atoms. The second kappa shape index (κ2) is 6.55. The van der Waals surface area contributed by atoms with E-state index in [1.165, 1.54) is 0 Å². The summed E-state index contributed by atoms with van der Waals surface area (Å²) >= 11 is 0. The first-order valence-electron chi connectivity index (χ1n) is 5.68. The summed E-state index contributed by atoms with van der Waals surface area (Å²) in [4.78, 5) is 12.0. The van der Waals surface area contributed by atoms with Crippen LogP contribution in [-0.2, 0) is 10.8 Å². The highest BCUT2D eigenvalue weighted by molar-refractivity contribution is 7.86. The molecule has 0 radical (unpaired) electrons. The lowest BCUT2D eigenvalue weighted by molar-refractivity contribution is 0.101. The second-order valence-electron chi connectivity index (χ2n) is 3.93. The molecule has 0 fully saturated rings. The Bertz CT molecular complexity index is 413. The number of rotatable bonds is 6. The molecule has 0 aliphatic rings. The highest BCUT2D eigenvalue weighted by Gasteiger charge is 2.16. The minimum absolute atomic E-state index is 0.00166. The number of Topliss-reactive ketones (excluding diaryl/α,β-unsaturated/α-hetero) is 1. The minimum Gasteiger partial charge on any atom is -0.493 e. The Kier molecular flexibility index (Phi) is 5.35. The van der Waals surface area contributed by atoms with Crippen molar-refractivity contribution in [1.29, 1.82) is 0 Å². The van der Waals surface area contributed by atoms with Gasteiger partial charge in [-0.2, -0.15) is 0 Å². The molecule has 1 atom stereocenters. The van der Waals surface area contributed by atoms with Crippen molar-refractivity contribution in [2.75, 3.05) is 12.4 Å². The van der Waals surface area contributed by atoms with Gasteiger partial charge < -0.3 is 4.74 Å². The summed E-state index contributed by atoms with van der Waals surface area (Å²) in [7, 11) is -1.12. The fourth-order valence-corrected chi connectivity index (χ4v) is 2.10. The summed E-state index contributed by atoms with van der Waals surface area (Å²) < 4.78 is 17.0. The lowest BCUT2D eigenvalue weighted by Crippen LogP contribution is -2.18. The SMILES string of the molecule is CCOc1ccccc1C(=O)CS(=O)C(C)C. The van der Waals surface area contributed by atoms with Gasteiger partial charge >= 0.3 is 0 Å². The van der Waals surface area contributed by atoms with E-state index in [0.29, 0.717) is 17.9 Å². The number of carbonyl (C=O) groups excluding carboxylic acids is 1. The van der Waals surface area contributed by atoms with Crippen molar-refractivity contribution in [1.82, 2.24) is 0 Å². The molecule has 0 amide bonds. The van der Waals surface area contributed by atoms with Gasteiger partial charge in [0.15, 0.2) is 5.78 Å². The van der Waals surface area contributed by atoms with Gasteiger partial charge in [-0.25, -0.2) is 0 Å². The van der Waals surface area contributed by atoms with Crippen LogP contribution >= 0.6 is 0 Å². The summed E-state index contributed by atoms with van der Waals surface area (Å²) in [5.41, 5.74) is 0.517. The molecule has 0 aliphatic carbocycles. The van der Waals surface area contributed by atoms with Gasteiger partial charge in [0, 0.05) is 16.0 Å². The minimum atomic E-state index is -1.12. The van der Waals surface area contributed by atoms with Crippen molar-refractivity contribution < 1.29 is 13.7 Å². The number of ether oxygens (including phenoxy) is 1. The highest BCUT2D eigenvalue weighted by Crippen LogP contribution is 2.19. The topological polar surface area (TPSA) is 43.4 Å². The number of hydrogen-bond acceptors (Lipinski definition) is 3. The average Bonchev–Trinajstić information content (AvgIpc) is 2.29. The fourth-order valence-electron chi connectivity index (χ4n) is 1.35. The monoisotopic (exact) mass is 254 g/mol. The van der Waals surface area contributed by atoms with Crippen molar-refractivity contribution in [2.24, 2.45) is 0 Å². The third kappa shape index (κ3) is 3.97. The van der Waals surface area contributed by atoms with Crippen LogP contribution in [0.4, 0.5) is 0 Å². The zero-order valence-electron chi connectivity index (χ0n) is 10.4. The van der Waals surface area contributed by atoms with Crippen LogP contribution in [0.2, 0.25) is 0 Å². The van der Waals surface area contributed by atoms with E-state index in [4.69, 9.17) is 4.74 Å². The average molecular weight is 254 g/mol. The van der Waals surface area contributed by atoms with Crippen LogP contribution in [0.3, 0.4) is 0 Å². The molecule has 1 unspecified atom stereocenters. The molecular weight excluding hydrogens is 236 g/mol. The molecule has 0 N–H and O–H groups in total. The highest BCUT2D eigenvalue weighted by atomic mass is 32.2. The number of carbonyl (C=O) groups is 1. The quantitative estimate of drug-likeness (QED) is 0.732. The zero-order chi connectivity index (χ0) is 12.8. The summed E-state index contributed by atoms with van der Waals surface area (Å²) in [5.74, 6) is 0.503. The van der Waals surface area contributed by atoms with E-state index in [9.17, 15) is 9.00 Å². The standard InChI is InChI=1S/C13H18O3S/c1-4-16-13-8-6-5-7-11(13)12(14)9-17(15)10(2)3/h5-8,10H,4,9H2,1-3H3. The number of ketones is 1. The smallest absolute Gasteiger partial charge is 0.179 e. The third-order valence-corrected chi connectivity index (χ3v) is 3.88. The Morgan fingerprint density at radius 1 is 1.35 bits per heavy atom. The molecule has 0 aromatic heterocycles. The van der Waals surface area contributed by atoms with E-state index in [1.54, 1.807) is 18.2 Å². The Hall–Kier alpha value is -1.16. The molecule has 1 rings (SSSR count). The summed E-state index contributed by atoms with van der Waals surface area (Å²) in [6.07, 6.45) is 0. The molecule has 1 aromatic carbocycles. The first kappa shape index (κ1) is 13.9. The predicted molar refractivity (Wildman–Crippen MR) is 70.1 cm³/mol. The molecular formula is C13H18O3S. The van der Waals surface area contributed by atoms with Crippen molar-refractivity contribution in [3.8, 4) is 5.75 Å². The number of benzene rings is 1. The molecule has 17 heavy (non-hydrogen) atoms. The van der Waals surface area contributed by atoms with Crippen LogP contribution < -0.4 is 4.74 Å². The van der Waals surface area contributed by atoms with Crippen LogP contribution in [0.5, 0.6) is 5.75 Å². The molecule has 0 heterocycles. The number of para-hydroxylation sites is 1. The molecule has 1 aromatic rings. The van der Waals surface area contributed by atoms with Crippen LogP contribution in [0.15, 0.2) is 24.3 Å². The molecule has 0 saturated heterocycles. The van der Waals surface area contributed by atoms with Crippen molar-refractivity contribution in [3.05, 3.63) is 29.8 Å². The normalized spacial score (nSPS) is 12.5. The van der Waals surface area contributed by atoms with E-state index in [1.807, 2.05) is 26.8 Å². The Morgan fingerprint density at radius 3 is 2.59 bits per heavy atom. The van der Waals surface area contributed by atoms with Gasteiger partial charge in [-0.15, -0.1) is 0 Å². The van der Waals surface area contributed by atoms with Gasteiger partial charge in [-0.1, -0.05) is 26.0 Å². The predicted octanol–water partition coefficient (Wildman–Crippen LogP) is 2.43. The van der Waals surface area contributed by atoms with Gasteiger partial charge in [0.05, 0.1) is 17.9 Å². The van der Waals surface area contributed by atoms with Crippen LogP contribution in [0, 0.1) is 0 Å². The van der Waals surface area contributed by atoms with E-state index in [2.05, 4.69) is 0 Å². The third-order valence-electron chi connectivity index (χ3n) is 2.29. The van der Waals surface area contributed by atoms with Crippen molar-refractivity contribution >= 4 is 16.6 Å². The molecule has 4 heteroatoms. The largest absolute Gasteiger partial charge is 0.493 e.